The lowest BCUT2D eigenvalue weighted by Crippen LogP contribution is -2.14. The molecule has 0 aliphatic heterocycles. The van der Waals surface area contributed by atoms with Gasteiger partial charge in [-0.25, -0.2) is 4.68 Å². The number of amides is 1. The monoisotopic (exact) mass is 334 g/mol. The molecule has 0 saturated carbocycles. The molecule has 2 aromatic carbocycles. The van der Waals surface area contributed by atoms with Crippen LogP contribution in [0.15, 0.2) is 48.5 Å². The highest BCUT2D eigenvalue weighted by Gasteiger charge is 2.17. The summed E-state index contributed by atoms with van der Waals surface area (Å²) in [6.45, 7) is 5.31. The Labute approximate surface area is 145 Å². The van der Waals surface area contributed by atoms with Crippen molar-refractivity contribution in [3.8, 4) is 5.69 Å². The van der Waals surface area contributed by atoms with Crippen LogP contribution in [0.5, 0.6) is 0 Å². The van der Waals surface area contributed by atoms with E-state index in [-0.39, 0.29) is 17.4 Å². The molecule has 0 spiro atoms. The second kappa shape index (κ2) is 6.68. The molecule has 3 rings (SSSR count). The highest BCUT2D eigenvalue weighted by atomic mass is 16.2. The highest BCUT2D eigenvalue weighted by molar-refractivity contribution is 6.04. The standard InChI is InChI=1S/C19H18N4O2/c1-12-4-10-17(11-5-12)23-13(2)18(21-22-23)19(25)20-16-8-6-15(7-9-16)14(3)24/h4-11H,1-3H3,(H,20,25). The molecule has 1 amide bonds. The zero-order valence-corrected chi connectivity index (χ0v) is 14.3. The summed E-state index contributed by atoms with van der Waals surface area (Å²) in [5.41, 5.74) is 4.10. The molecule has 0 bridgehead atoms. The van der Waals surface area contributed by atoms with Crippen molar-refractivity contribution in [3.05, 3.63) is 71.0 Å². The lowest BCUT2D eigenvalue weighted by Gasteiger charge is -2.06. The van der Waals surface area contributed by atoms with Crippen molar-refractivity contribution in [2.24, 2.45) is 0 Å². The Bertz CT molecular complexity index is 925. The first-order chi connectivity index (χ1) is 12.0. The van der Waals surface area contributed by atoms with Gasteiger partial charge in [0.05, 0.1) is 11.4 Å². The molecule has 6 nitrogen and oxygen atoms in total. The lowest BCUT2D eigenvalue weighted by molar-refractivity contribution is 0.101. The lowest BCUT2D eigenvalue weighted by atomic mass is 10.1. The summed E-state index contributed by atoms with van der Waals surface area (Å²) in [5, 5.41) is 10.9. The van der Waals surface area contributed by atoms with Gasteiger partial charge in [-0.05, 0) is 57.2 Å². The Morgan fingerprint density at radius 1 is 0.960 bits per heavy atom. The molecule has 126 valence electrons. The third-order valence-electron chi connectivity index (χ3n) is 3.94. The average Bonchev–Trinajstić information content (AvgIpc) is 2.98. The Morgan fingerprint density at radius 2 is 1.60 bits per heavy atom. The fourth-order valence-electron chi connectivity index (χ4n) is 2.45. The van der Waals surface area contributed by atoms with E-state index in [9.17, 15) is 9.59 Å². The van der Waals surface area contributed by atoms with Crippen LogP contribution in [-0.4, -0.2) is 26.7 Å². The number of aryl methyl sites for hydroxylation is 1. The van der Waals surface area contributed by atoms with Crippen LogP contribution in [0.25, 0.3) is 5.69 Å². The van der Waals surface area contributed by atoms with Gasteiger partial charge in [0.1, 0.15) is 0 Å². The van der Waals surface area contributed by atoms with Gasteiger partial charge in [-0.1, -0.05) is 22.9 Å². The van der Waals surface area contributed by atoms with Crippen molar-refractivity contribution in [1.82, 2.24) is 15.0 Å². The number of Topliss-reactive ketones (excluding diaryl/α,β-unsaturated/α-hetero) is 1. The van der Waals surface area contributed by atoms with E-state index in [4.69, 9.17) is 0 Å². The average molecular weight is 334 g/mol. The van der Waals surface area contributed by atoms with Crippen molar-refractivity contribution in [2.75, 3.05) is 5.32 Å². The van der Waals surface area contributed by atoms with Crippen LogP contribution in [0.3, 0.4) is 0 Å². The summed E-state index contributed by atoms with van der Waals surface area (Å²) in [5.74, 6) is -0.360. The molecule has 1 N–H and O–H groups in total. The SMILES string of the molecule is CC(=O)c1ccc(NC(=O)c2nnn(-c3ccc(C)cc3)c2C)cc1. The maximum Gasteiger partial charge on any atom is 0.278 e. The van der Waals surface area contributed by atoms with E-state index < -0.39 is 0 Å². The minimum atomic E-state index is -0.341. The van der Waals surface area contributed by atoms with Gasteiger partial charge in [0.2, 0.25) is 0 Å². The molecule has 0 aliphatic carbocycles. The summed E-state index contributed by atoms with van der Waals surface area (Å²) in [7, 11) is 0. The molecule has 0 fully saturated rings. The number of benzene rings is 2. The molecule has 0 aliphatic rings. The first-order valence-corrected chi connectivity index (χ1v) is 7.87. The molecule has 0 atom stereocenters. The van der Waals surface area contributed by atoms with Gasteiger partial charge in [-0.15, -0.1) is 5.10 Å². The fraction of sp³-hybridized carbons (Fsp3) is 0.158. The summed E-state index contributed by atoms with van der Waals surface area (Å²) in [6, 6.07) is 14.5. The van der Waals surface area contributed by atoms with E-state index in [0.717, 1.165) is 11.3 Å². The van der Waals surface area contributed by atoms with E-state index >= 15 is 0 Å². The van der Waals surface area contributed by atoms with Crippen LogP contribution in [0, 0.1) is 13.8 Å². The number of carbonyl (C=O) groups is 2. The van der Waals surface area contributed by atoms with Crippen LogP contribution in [-0.2, 0) is 0 Å². The summed E-state index contributed by atoms with van der Waals surface area (Å²) < 4.78 is 1.63. The summed E-state index contributed by atoms with van der Waals surface area (Å²) in [4.78, 5) is 23.8. The number of anilines is 1. The fourth-order valence-corrected chi connectivity index (χ4v) is 2.45. The van der Waals surface area contributed by atoms with E-state index in [0.29, 0.717) is 16.9 Å². The quantitative estimate of drug-likeness (QED) is 0.742. The number of hydrogen-bond acceptors (Lipinski definition) is 4. The Hall–Kier alpha value is -3.28. The minimum Gasteiger partial charge on any atom is -0.321 e. The predicted molar refractivity (Wildman–Crippen MR) is 95.2 cm³/mol. The van der Waals surface area contributed by atoms with Gasteiger partial charge in [-0.3, -0.25) is 9.59 Å². The van der Waals surface area contributed by atoms with Gasteiger partial charge >= 0.3 is 0 Å². The number of carbonyl (C=O) groups excluding carboxylic acids is 2. The number of ketones is 1. The first kappa shape index (κ1) is 16.6. The zero-order valence-electron chi connectivity index (χ0n) is 14.3. The number of nitrogens with zero attached hydrogens (tertiary/aromatic N) is 3. The molecule has 1 aromatic heterocycles. The van der Waals surface area contributed by atoms with E-state index in [1.807, 2.05) is 31.2 Å². The van der Waals surface area contributed by atoms with Crippen molar-refractivity contribution >= 4 is 17.4 Å². The van der Waals surface area contributed by atoms with E-state index in [1.165, 1.54) is 6.92 Å². The normalized spacial score (nSPS) is 10.5. The van der Waals surface area contributed by atoms with Gasteiger partial charge < -0.3 is 5.32 Å². The van der Waals surface area contributed by atoms with Crippen LogP contribution in [0.1, 0.15) is 39.0 Å². The van der Waals surface area contributed by atoms with Crippen LogP contribution < -0.4 is 5.32 Å². The zero-order chi connectivity index (χ0) is 18.0. The number of hydrogen-bond donors (Lipinski definition) is 1. The number of nitrogens with one attached hydrogen (secondary N) is 1. The summed E-state index contributed by atoms with van der Waals surface area (Å²) in [6.07, 6.45) is 0. The molecule has 25 heavy (non-hydrogen) atoms. The van der Waals surface area contributed by atoms with Crippen molar-refractivity contribution < 1.29 is 9.59 Å². The third-order valence-corrected chi connectivity index (χ3v) is 3.94. The summed E-state index contributed by atoms with van der Waals surface area (Å²) >= 11 is 0. The number of aromatic nitrogens is 3. The topological polar surface area (TPSA) is 76.9 Å². The van der Waals surface area contributed by atoms with Crippen LogP contribution >= 0.6 is 0 Å². The molecule has 0 saturated heterocycles. The maximum atomic E-state index is 12.5. The molecular formula is C19H18N4O2. The molecule has 3 aromatic rings. The van der Waals surface area contributed by atoms with Gasteiger partial charge in [-0.2, -0.15) is 0 Å². The van der Waals surface area contributed by atoms with Crippen molar-refractivity contribution in [3.63, 3.8) is 0 Å². The minimum absolute atomic E-state index is 0.0187. The molecule has 6 heteroatoms. The van der Waals surface area contributed by atoms with Crippen LogP contribution in [0.4, 0.5) is 5.69 Å². The third kappa shape index (κ3) is 3.47. The Balaban J connectivity index is 1.81. The largest absolute Gasteiger partial charge is 0.321 e. The molecular weight excluding hydrogens is 316 g/mol. The molecule has 0 radical (unpaired) electrons. The smallest absolute Gasteiger partial charge is 0.278 e. The van der Waals surface area contributed by atoms with Crippen LogP contribution in [0.2, 0.25) is 0 Å². The van der Waals surface area contributed by atoms with Gasteiger partial charge in [0.25, 0.3) is 5.91 Å². The molecule has 0 unspecified atom stereocenters. The van der Waals surface area contributed by atoms with E-state index in [2.05, 4.69) is 15.6 Å². The number of rotatable bonds is 4. The van der Waals surface area contributed by atoms with Crippen molar-refractivity contribution in [1.29, 1.82) is 0 Å². The maximum absolute atomic E-state index is 12.5. The second-order valence-corrected chi connectivity index (χ2v) is 5.86. The van der Waals surface area contributed by atoms with Crippen molar-refractivity contribution in [2.45, 2.75) is 20.8 Å². The first-order valence-electron chi connectivity index (χ1n) is 7.87. The second-order valence-electron chi connectivity index (χ2n) is 5.86. The van der Waals surface area contributed by atoms with E-state index in [1.54, 1.807) is 35.9 Å². The Kier molecular flexibility index (Phi) is 4.43. The van der Waals surface area contributed by atoms with Gasteiger partial charge in [0.15, 0.2) is 11.5 Å². The molecule has 1 heterocycles. The van der Waals surface area contributed by atoms with Gasteiger partial charge in [0, 0.05) is 11.3 Å². The predicted octanol–water partition coefficient (Wildman–Crippen LogP) is 3.34. The highest BCUT2D eigenvalue weighted by Crippen LogP contribution is 2.15. The Morgan fingerprint density at radius 3 is 2.20 bits per heavy atom.